The SMILES string of the molecule is NC1CCc2nc(-c3cccc(F)c3)oc2C1. The van der Waals surface area contributed by atoms with Crippen molar-refractivity contribution in [2.45, 2.75) is 25.3 Å². The number of halogens is 1. The summed E-state index contributed by atoms with van der Waals surface area (Å²) in [7, 11) is 0. The van der Waals surface area contributed by atoms with Crippen LogP contribution in [0.25, 0.3) is 11.5 Å². The Hall–Kier alpha value is -1.68. The molecule has 0 radical (unpaired) electrons. The highest BCUT2D eigenvalue weighted by Crippen LogP contribution is 2.27. The second kappa shape index (κ2) is 3.96. The minimum atomic E-state index is -0.282. The van der Waals surface area contributed by atoms with Gasteiger partial charge in [-0.25, -0.2) is 9.37 Å². The summed E-state index contributed by atoms with van der Waals surface area (Å²) in [6.07, 6.45) is 2.50. The highest BCUT2D eigenvalue weighted by molar-refractivity contribution is 5.53. The number of hydrogen-bond acceptors (Lipinski definition) is 3. The van der Waals surface area contributed by atoms with E-state index in [1.165, 1.54) is 12.1 Å². The van der Waals surface area contributed by atoms with E-state index in [1.807, 2.05) is 0 Å². The Morgan fingerprint density at radius 3 is 3.12 bits per heavy atom. The van der Waals surface area contributed by atoms with E-state index in [-0.39, 0.29) is 11.9 Å². The van der Waals surface area contributed by atoms with E-state index in [9.17, 15) is 4.39 Å². The molecule has 4 heteroatoms. The summed E-state index contributed by atoms with van der Waals surface area (Å²) in [5.74, 6) is 1.06. The number of nitrogens with two attached hydrogens (primary N) is 1. The summed E-state index contributed by atoms with van der Waals surface area (Å²) in [5, 5.41) is 0. The third-order valence-electron chi connectivity index (χ3n) is 3.05. The number of benzene rings is 1. The van der Waals surface area contributed by atoms with Gasteiger partial charge in [-0.05, 0) is 31.0 Å². The van der Waals surface area contributed by atoms with Crippen LogP contribution in [0.2, 0.25) is 0 Å². The van der Waals surface area contributed by atoms with Gasteiger partial charge in [-0.1, -0.05) is 6.07 Å². The van der Waals surface area contributed by atoms with Crippen LogP contribution >= 0.6 is 0 Å². The third-order valence-corrected chi connectivity index (χ3v) is 3.05. The van der Waals surface area contributed by atoms with Crippen LogP contribution in [0.15, 0.2) is 28.7 Å². The number of hydrogen-bond donors (Lipinski definition) is 1. The van der Waals surface area contributed by atoms with Crippen molar-refractivity contribution < 1.29 is 8.81 Å². The molecule has 0 saturated heterocycles. The standard InChI is InChI=1S/C13H13FN2O/c14-9-3-1-2-8(6-9)13-16-11-5-4-10(15)7-12(11)17-13/h1-3,6,10H,4-5,7,15H2. The average Bonchev–Trinajstić information content (AvgIpc) is 2.72. The van der Waals surface area contributed by atoms with Crippen LogP contribution in [0.3, 0.4) is 0 Å². The number of nitrogens with zero attached hydrogens (tertiary/aromatic N) is 1. The smallest absolute Gasteiger partial charge is 0.226 e. The predicted octanol–water partition coefficient (Wildman–Crippen LogP) is 2.30. The van der Waals surface area contributed by atoms with Gasteiger partial charge in [-0.15, -0.1) is 0 Å². The number of aryl methyl sites for hydroxylation is 1. The molecule has 1 aliphatic rings. The normalized spacial score (nSPS) is 19.1. The van der Waals surface area contributed by atoms with Crippen LogP contribution in [0.5, 0.6) is 0 Å². The summed E-state index contributed by atoms with van der Waals surface area (Å²) in [4.78, 5) is 4.41. The zero-order chi connectivity index (χ0) is 11.8. The van der Waals surface area contributed by atoms with Gasteiger partial charge in [-0.2, -0.15) is 0 Å². The molecule has 1 aromatic carbocycles. The van der Waals surface area contributed by atoms with Crippen molar-refractivity contribution in [2.24, 2.45) is 5.73 Å². The highest BCUT2D eigenvalue weighted by atomic mass is 19.1. The van der Waals surface area contributed by atoms with Gasteiger partial charge < -0.3 is 10.2 Å². The van der Waals surface area contributed by atoms with Gasteiger partial charge >= 0.3 is 0 Å². The van der Waals surface area contributed by atoms with Gasteiger partial charge in [0, 0.05) is 18.0 Å². The number of oxazole rings is 1. The molecule has 0 saturated carbocycles. The highest BCUT2D eigenvalue weighted by Gasteiger charge is 2.22. The van der Waals surface area contributed by atoms with Crippen LogP contribution in [0.4, 0.5) is 4.39 Å². The molecule has 1 atom stereocenters. The van der Waals surface area contributed by atoms with Crippen molar-refractivity contribution in [3.63, 3.8) is 0 Å². The fourth-order valence-corrected chi connectivity index (χ4v) is 2.15. The molecule has 88 valence electrons. The Morgan fingerprint density at radius 1 is 1.41 bits per heavy atom. The van der Waals surface area contributed by atoms with Gasteiger partial charge in [0.05, 0.1) is 5.69 Å². The van der Waals surface area contributed by atoms with Crippen molar-refractivity contribution in [1.82, 2.24) is 4.98 Å². The quantitative estimate of drug-likeness (QED) is 0.820. The summed E-state index contributed by atoms with van der Waals surface area (Å²) >= 11 is 0. The van der Waals surface area contributed by atoms with Gasteiger partial charge in [0.2, 0.25) is 5.89 Å². The molecule has 3 rings (SSSR count). The Morgan fingerprint density at radius 2 is 2.29 bits per heavy atom. The fraction of sp³-hybridized carbons (Fsp3) is 0.308. The van der Waals surface area contributed by atoms with E-state index in [2.05, 4.69) is 4.98 Å². The number of aromatic nitrogens is 1. The Labute approximate surface area is 98.5 Å². The lowest BCUT2D eigenvalue weighted by atomic mass is 9.98. The first-order valence-electron chi connectivity index (χ1n) is 5.72. The topological polar surface area (TPSA) is 52.0 Å². The minimum Gasteiger partial charge on any atom is -0.441 e. The lowest BCUT2D eigenvalue weighted by molar-refractivity contribution is 0.456. The first-order valence-corrected chi connectivity index (χ1v) is 5.72. The monoisotopic (exact) mass is 232 g/mol. The summed E-state index contributed by atoms with van der Waals surface area (Å²) < 4.78 is 18.8. The molecule has 3 nitrogen and oxygen atoms in total. The first-order chi connectivity index (χ1) is 8.22. The van der Waals surface area contributed by atoms with Crippen molar-refractivity contribution in [1.29, 1.82) is 0 Å². The molecule has 0 spiro atoms. The maximum Gasteiger partial charge on any atom is 0.226 e. The molecule has 17 heavy (non-hydrogen) atoms. The van der Waals surface area contributed by atoms with Gasteiger partial charge in [0.1, 0.15) is 11.6 Å². The minimum absolute atomic E-state index is 0.149. The second-order valence-corrected chi connectivity index (χ2v) is 4.40. The Kier molecular flexibility index (Phi) is 2.44. The molecule has 0 amide bonds. The largest absolute Gasteiger partial charge is 0.441 e. The third kappa shape index (κ3) is 1.96. The number of rotatable bonds is 1. The predicted molar refractivity (Wildman–Crippen MR) is 61.9 cm³/mol. The fourth-order valence-electron chi connectivity index (χ4n) is 2.15. The van der Waals surface area contributed by atoms with E-state index in [4.69, 9.17) is 10.2 Å². The van der Waals surface area contributed by atoms with E-state index in [0.717, 1.165) is 30.7 Å². The molecule has 1 aliphatic carbocycles. The lowest BCUT2D eigenvalue weighted by Gasteiger charge is -2.14. The maximum absolute atomic E-state index is 13.1. The molecule has 1 unspecified atom stereocenters. The van der Waals surface area contributed by atoms with Crippen LogP contribution < -0.4 is 5.73 Å². The zero-order valence-electron chi connectivity index (χ0n) is 9.32. The summed E-state index contributed by atoms with van der Waals surface area (Å²) in [5.41, 5.74) is 7.51. The van der Waals surface area contributed by atoms with E-state index in [0.29, 0.717) is 11.5 Å². The molecule has 0 aliphatic heterocycles. The molecule has 1 heterocycles. The van der Waals surface area contributed by atoms with Gasteiger partial charge in [-0.3, -0.25) is 0 Å². The van der Waals surface area contributed by atoms with E-state index < -0.39 is 0 Å². The van der Waals surface area contributed by atoms with Crippen LogP contribution in [-0.4, -0.2) is 11.0 Å². The van der Waals surface area contributed by atoms with E-state index >= 15 is 0 Å². The Balaban J connectivity index is 2.00. The first kappa shape index (κ1) is 10.5. The summed E-state index contributed by atoms with van der Waals surface area (Å²) in [6.45, 7) is 0. The van der Waals surface area contributed by atoms with Crippen molar-refractivity contribution in [3.05, 3.63) is 41.5 Å². The van der Waals surface area contributed by atoms with E-state index in [1.54, 1.807) is 12.1 Å². The molecule has 2 aromatic rings. The second-order valence-electron chi connectivity index (χ2n) is 4.40. The molecule has 0 fully saturated rings. The van der Waals surface area contributed by atoms with Crippen LogP contribution in [0, 0.1) is 5.82 Å². The van der Waals surface area contributed by atoms with Crippen LogP contribution in [-0.2, 0) is 12.8 Å². The van der Waals surface area contributed by atoms with Crippen molar-refractivity contribution in [2.75, 3.05) is 0 Å². The van der Waals surface area contributed by atoms with Crippen LogP contribution in [0.1, 0.15) is 17.9 Å². The van der Waals surface area contributed by atoms with Crippen molar-refractivity contribution in [3.8, 4) is 11.5 Å². The van der Waals surface area contributed by atoms with Gasteiger partial charge in [0.15, 0.2) is 0 Å². The maximum atomic E-state index is 13.1. The zero-order valence-corrected chi connectivity index (χ0v) is 9.32. The lowest BCUT2D eigenvalue weighted by Crippen LogP contribution is -2.27. The molecule has 2 N–H and O–H groups in total. The average molecular weight is 232 g/mol. The summed E-state index contributed by atoms with van der Waals surface area (Å²) in [6, 6.07) is 6.43. The molecule has 1 aromatic heterocycles. The molecular formula is C13H13FN2O. The molecular weight excluding hydrogens is 219 g/mol. The Bertz CT molecular complexity index is 550. The molecule has 0 bridgehead atoms. The van der Waals surface area contributed by atoms with Crippen molar-refractivity contribution >= 4 is 0 Å². The van der Waals surface area contributed by atoms with Gasteiger partial charge in [0.25, 0.3) is 0 Å². The number of fused-ring (bicyclic) bond motifs is 1.